The first-order valence-corrected chi connectivity index (χ1v) is 8.95. The van der Waals surface area contributed by atoms with Gasteiger partial charge in [-0.15, -0.1) is 0 Å². The molecule has 1 saturated heterocycles. The van der Waals surface area contributed by atoms with Crippen LogP contribution in [0.15, 0.2) is 42.5 Å². The van der Waals surface area contributed by atoms with Crippen molar-refractivity contribution in [3.63, 3.8) is 0 Å². The number of carbonyl (C=O) groups is 1. The number of hydrogen-bond donors (Lipinski definition) is 1. The summed E-state index contributed by atoms with van der Waals surface area (Å²) in [6, 6.07) is 12.3. The average molecular weight is 377 g/mol. The Labute approximate surface area is 156 Å². The van der Waals surface area contributed by atoms with Gasteiger partial charge in [0, 0.05) is 25.7 Å². The van der Waals surface area contributed by atoms with Crippen molar-refractivity contribution in [3.05, 3.63) is 65.0 Å². The van der Waals surface area contributed by atoms with E-state index in [2.05, 4.69) is 27.3 Å². The molecule has 0 spiro atoms. The molecule has 0 bridgehead atoms. The highest BCUT2D eigenvalue weighted by atomic mass is 19.4. The van der Waals surface area contributed by atoms with Crippen LogP contribution in [0.2, 0.25) is 0 Å². The number of likely N-dealkylation sites (tertiary alicyclic amines) is 1. The lowest BCUT2D eigenvalue weighted by Gasteiger charge is -2.32. The molecule has 1 amide bonds. The molecule has 1 fully saturated rings. The van der Waals surface area contributed by atoms with Crippen molar-refractivity contribution in [2.45, 2.75) is 38.5 Å². The lowest BCUT2D eigenvalue weighted by atomic mass is 10.0. The SMILES string of the molecule is Cc1nc(C(F)(F)F)ccc1C(=O)NC1CCN(Cc2ccccc2)CC1. The molecule has 1 aromatic heterocycles. The Kier molecular flexibility index (Phi) is 5.79. The first-order chi connectivity index (χ1) is 12.8. The fraction of sp³-hybridized carbons (Fsp3) is 0.400. The lowest BCUT2D eigenvalue weighted by molar-refractivity contribution is -0.141. The van der Waals surface area contributed by atoms with Crippen LogP contribution in [0, 0.1) is 6.92 Å². The molecule has 0 unspecified atom stereocenters. The summed E-state index contributed by atoms with van der Waals surface area (Å²) < 4.78 is 38.1. The zero-order valence-electron chi connectivity index (χ0n) is 15.1. The molecule has 4 nitrogen and oxygen atoms in total. The van der Waals surface area contributed by atoms with E-state index >= 15 is 0 Å². The molecule has 0 aliphatic carbocycles. The van der Waals surface area contributed by atoms with Crippen molar-refractivity contribution >= 4 is 5.91 Å². The number of pyridine rings is 1. The zero-order chi connectivity index (χ0) is 19.4. The van der Waals surface area contributed by atoms with Gasteiger partial charge in [0.2, 0.25) is 0 Å². The third-order valence-corrected chi connectivity index (χ3v) is 4.79. The van der Waals surface area contributed by atoms with Crippen LogP contribution in [0.25, 0.3) is 0 Å². The largest absolute Gasteiger partial charge is 0.433 e. The van der Waals surface area contributed by atoms with Crippen LogP contribution in [0.1, 0.15) is 40.2 Å². The third-order valence-electron chi connectivity index (χ3n) is 4.79. The van der Waals surface area contributed by atoms with Crippen molar-refractivity contribution < 1.29 is 18.0 Å². The van der Waals surface area contributed by atoms with Crippen LogP contribution in [-0.4, -0.2) is 34.9 Å². The number of nitrogens with zero attached hydrogens (tertiary/aromatic N) is 2. The van der Waals surface area contributed by atoms with Gasteiger partial charge in [0.25, 0.3) is 5.91 Å². The van der Waals surface area contributed by atoms with Gasteiger partial charge in [0.1, 0.15) is 5.69 Å². The quantitative estimate of drug-likeness (QED) is 0.882. The van der Waals surface area contributed by atoms with E-state index in [0.29, 0.717) is 0 Å². The predicted octanol–water partition coefficient (Wildman–Crippen LogP) is 3.80. The van der Waals surface area contributed by atoms with Crippen molar-refractivity contribution in [1.29, 1.82) is 0 Å². The third kappa shape index (κ3) is 5.07. The molecule has 27 heavy (non-hydrogen) atoms. The Balaban J connectivity index is 1.54. The van der Waals surface area contributed by atoms with Crippen LogP contribution in [0.4, 0.5) is 13.2 Å². The maximum atomic E-state index is 12.7. The van der Waals surface area contributed by atoms with Gasteiger partial charge in [-0.25, -0.2) is 4.98 Å². The molecule has 144 valence electrons. The van der Waals surface area contributed by atoms with Crippen LogP contribution in [0.3, 0.4) is 0 Å². The second-order valence-electron chi connectivity index (χ2n) is 6.84. The summed E-state index contributed by atoms with van der Waals surface area (Å²) in [6.45, 7) is 4.03. The van der Waals surface area contributed by atoms with Gasteiger partial charge >= 0.3 is 6.18 Å². The van der Waals surface area contributed by atoms with Crippen LogP contribution in [0.5, 0.6) is 0 Å². The maximum absolute atomic E-state index is 12.7. The molecule has 1 aromatic carbocycles. The summed E-state index contributed by atoms with van der Waals surface area (Å²) in [4.78, 5) is 18.3. The second-order valence-corrected chi connectivity index (χ2v) is 6.84. The molecular weight excluding hydrogens is 355 g/mol. The minimum atomic E-state index is -4.51. The number of piperidine rings is 1. The second kappa shape index (κ2) is 8.08. The lowest BCUT2D eigenvalue weighted by Crippen LogP contribution is -2.44. The molecule has 0 atom stereocenters. The Bertz CT molecular complexity index is 785. The molecule has 1 N–H and O–H groups in total. The molecular formula is C20H22F3N3O. The average Bonchev–Trinajstić information content (AvgIpc) is 2.63. The minimum Gasteiger partial charge on any atom is -0.349 e. The van der Waals surface area contributed by atoms with E-state index in [0.717, 1.165) is 38.5 Å². The van der Waals surface area contributed by atoms with Gasteiger partial charge in [-0.3, -0.25) is 9.69 Å². The summed E-state index contributed by atoms with van der Waals surface area (Å²) in [5.41, 5.74) is 0.552. The molecule has 7 heteroatoms. The van der Waals surface area contributed by atoms with Crippen molar-refractivity contribution in [3.8, 4) is 0 Å². The highest BCUT2D eigenvalue weighted by Gasteiger charge is 2.33. The van der Waals surface area contributed by atoms with Gasteiger partial charge < -0.3 is 5.32 Å². The fourth-order valence-electron chi connectivity index (χ4n) is 3.30. The monoisotopic (exact) mass is 377 g/mol. The highest BCUT2D eigenvalue weighted by molar-refractivity contribution is 5.95. The molecule has 0 radical (unpaired) electrons. The van der Waals surface area contributed by atoms with Crippen molar-refractivity contribution in [1.82, 2.24) is 15.2 Å². The van der Waals surface area contributed by atoms with Crippen LogP contribution < -0.4 is 5.32 Å². The number of rotatable bonds is 4. The topological polar surface area (TPSA) is 45.2 Å². The Morgan fingerprint density at radius 3 is 2.41 bits per heavy atom. The number of hydrogen-bond acceptors (Lipinski definition) is 3. The zero-order valence-corrected chi connectivity index (χ0v) is 15.1. The Hall–Kier alpha value is -2.41. The van der Waals surface area contributed by atoms with E-state index < -0.39 is 11.9 Å². The first kappa shape index (κ1) is 19.4. The van der Waals surface area contributed by atoms with Crippen LogP contribution in [-0.2, 0) is 12.7 Å². The van der Waals surface area contributed by atoms with E-state index in [1.54, 1.807) is 0 Å². The standard InChI is InChI=1S/C20H22F3N3O/c1-14-17(7-8-18(24-14)20(21,22)23)19(27)25-16-9-11-26(12-10-16)13-15-5-3-2-4-6-15/h2-8,16H,9-13H2,1H3,(H,25,27). The van der Waals surface area contributed by atoms with Gasteiger partial charge in [0.05, 0.1) is 11.3 Å². The molecule has 2 heterocycles. The normalized spacial score (nSPS) is 16.3. The number of alkyl halides is 3. The van der Waals surface area contributed by atoms with Crippen molar-refractivity contribution in [2.75, 3.05) is 13.1 Å². The van der Waals surface area contributed by atoms with E-state index in [4.69, 9.17) is 0 Å². The van der Waals surface area contributed by atoms with Gasteiger partial charge in [-0.1, -0.05) is 30.3 Å². The number of halogens is 3. The van der Waals surface area contributed by atoms with Gasteiger partial charge in [0.15, 0.2) is 0 Å². The maximum Gasteiger partial charge on any atom is 0.433 e. The number of aryl methyl sites for hydroxylation is 1. The number of aromatic nitrogens is 1. The smallest absolute Gasteiger partial charge is 0.349 e. The molecule has 0 saturated carbocycles. The first-order valence-electron chi connectivity index (χ1n) is 8.95. The molecule has 2 aromatic rings. The Morgan fingerprint density at radius 2 is 1.81 bits per heavy atom. The summed E-state index contributed by atoms with van der Waals surface area (Å²) in [7, 11) is 0. The van der Waals surface area contributed by atoms with Gasteiger partial charge in [-0.2, -0.15) is 13.2 Å². The van der Waals surface area contributed by atoms with E-state index in [-0.39, 0.29) is 23.2 Å². The van der Waals surface area contributed by atoms with E-state index in [9.17, 15) is 18.0 Å². The number of benzene rings is 1. The minimum absolute atomic E-state index is 0.0196. The van der Waals surface area contributed by atoms with Crippen LogP contribution >= 0.6 is 0 Å². The van der Waals surface area contributed by atoms with Gasteiger partial charge in [-0.05, 0) is 37.5 Å². The summed E-state index contributed by atoms with van der Waals surface area (Å²) >= 11 is 0. The number of amides is 1. The van der Waals surface area contributed by atoms with E-state index in [1.807, 2.05) is 18.2 Å². The highest BCUT2D eigenvalue weighted by Crippen LogP contribution is 2.28. The molecule has 3 rings (SSSR count). The van der Waals surface area contributed by atoms with E-state index in [1.165, 1.54) is 18.6 Å². The van der Waals surface area contributed by atoms with Crippen molar-refractivity contribution in [2.24, 2.45) is 0 Å². The molecule has 1 aliphatic heterocycles. The number of carbonyl (C=O) groups excluding carboxylic acids is 1. The number of nitrogens with one attached hydrogen (secondary N) is 1. The summed E-state index contributed by atoms with van der Waals surface area (Å²) in [6.07, 6.45) is -2.89. The summed E-state index contributed by atoms with van der Waals surface area (Å²) in [5.74, 6) is -0.366. The predicted molar refractivity (Wildman–Crippen MR) is 96.2 cm³/mol. The Morgan fingerprint density at radius 1 is 1.15 bits per heavy atom. The molecule has 1 aliphatic rings. The fourth-order valence-corrected chi connectivity index (χ4v) is 3.30. The summed E-state index contributed by atoms with van der Waals surface area (Å²) in [5, 5.41) is 2.93.